The number of aromatic nitrogens is 5. The Morgan fingerprint density at radius 1 is 0.434 bits per heavy atom. The summed E-state index contributed by atoms with van der Waals surface area (Å²) in [5, 5.41) is 4.78. The molecule has 11 rings (SSSR count). The minimum Gasteiger partial charge on any atom is -0.354 e. The van der Waals surface area contributed by atoms with E-state index in [1.54, 1.807) is 0 Å². The third-order valence-electron chi connectivity index (χ3n) is 10.5. The van der Waals surface area contributed by atoms with Crippen molar-refractivity contribution >= 4 is 54.6 Å². The Morgan fingerprint density at radius 3 is 2.02 bits per heavy atom. The second-order valence-corrected chi connectivity index (χ2v) is 13.5. The highest BCUT2D eigenvalue weighted by Crippen LogP contribution is 2.40. The molecule has 248 valence electrons. The van der Waals surface area contributed by atoms with Crippen molar-refractivity contribution in [3.05, 3.63) is 182 Å². The average molecular weight is 678 g/mol. The molecule has 0 saturated heterocycles. The van der Waals surface area contributed by atoms with E-state index in [1.807, 2.05) is 6.20 Å². The lowest BCUT2D eigenvalue weighted by atomic mass is 10.0. The summed E-state index contributed by atoms with van der Waals surface area (Å²) in [6.45, 7) is 0. The van der Waals surface area contributed by atoms with E-state index in [-0.39, 0.29) is 0 Å². The van der Waals surface area contributed by atoms with Gasteiger partial charge in [0.25, 0.3) is 0 Å². The molecule has 53 heavy (non-hydrogen) atoms. The highest BCUT2D eigenvalue weighted by atomic mass is 15.1. The summed E-state index contributed by atoms with van der Waals surface area (Å²) in [6, 6.07) is 62.2. The van der Waals surface area contributed by atoms with Crippen LogP contribution in [0.1, 0.15) is 0 Å². The molecule has 0 atom stereocenters. The standard InChI is InChI=1S/C48H31N5/c1-3-13-31(14-4-1)32-27-28-49-45(30-32)53-42-23-10-8-18-37(42)38-26-25-33(29-44(38)53)35-19-12-24-43-47(35)51-48(52(43)34-15-5-2-6-16-34)40-21-11-20-39-36-17-7-9-22-41(36)50-46(39)40/h1-30,50H. The maximum atomic E-state index is 5.53. The van der Waals surface area contributed by atoms with E-state index in [4.69, 9.17) is 9.97 Å². The number of aromatic amines is 1. The number of fused-ring (bicyclic) bond motifs is 7. The van der Waals surface area contributed by atoms with Crippen molar-refractivity contribution < 1.29 is 0 Å². The smallest absolute Gasteiger partial charge is 0.147 e. The number of para-hydroxylation sites is 5. The quantitative estimate of drug-likeness (QED) is 0.197. The van der Waals surface area contributed by atoms with Gasteiger partial charge < -0.3 is 4.98 Å². The molecule has 0 saturated carbocycles. The fraction of sp³-hybridized carbons (Fsp3) is 0. The number of benzene rings is 7. The molecule has 1 N–H and O–H groups in total. The normalized spacial score (nSPS) is 11.8. The number of imidazole rings is 1. The maximum Gasteiger partial charge on any atom is 0.147 e. The van der Waals surface area contributed by atoms with Gasteiger partial charge in [-0.3, -0.25) is 9.13 Å². The molecule has 5 nitrogen and oxygen atoms in total. The molecule has 0 fully saturated rings. The predicted molar refractivity (Wildman–Crippen MR) is 219 cm³/mol. The second kappa shape index (κ2) is 11.7. The van der Waals surface area contributed by atoms with Crippen LogP contribution in [0.3, 0.4) is 0 Å². The zero-order chi connectivity index (χ0) is 34.9. The van der Waals surface area contributed by atoms with Gasteiger partial charge in [0.15, 0.2) is 0 Å². The molecule has 4 aromatic heterocycles. The number of hydrogen-bond donors (Lipinski definition) is 1. The fourth-order valence-electron chi connectivity index (χ4n) is 8.15. The topological polar surface area (TPSA) is 51.4 Å². The molecule has 7 aromatic carbocycles. The van der Waals surface area contributed by atoms with Crippen molar-refractivity contribution in [3.63, 3.8) is 0 Å². The number of rotatable bonds is 5. The fourth-order valence-corrected chi connectivity index (χ4v) is 8.15. The summed E-state index contributed by atoms with van der Waals surface area (Å²) in [4.78, 5) is 14.2. The summed E-state index contributed by atoms with van der Waals surface area (Å²) in [5.74, 6) is 1.78. The minimum atomic E-state index is 0.884. The lowest BCUT2D eigenvalue weighted by molar-refractivity contribution is 1.08. The first-order valence-corrected chi connectivity index (χ1v) is 17.9. The predicted octanol–water partition coefficient (Wildman–Crippen LogP) is 12.2. The van der Waals surface area contributed by atoms with Gasteiger partial charge in [0.05, 0.1) is 27.6 Å². The SMILES string of the molecule is c1ccc(-c2ccnc(-n3c4ccccc4c4ccc(-c5cccc6c5nc(-c5cccc7c5[nH]c5ccccc57)n6-c5ccccc5)cc43)c2)cc1. The summed E-state index contributed by atoms with van der Waals surface area (Å²) in [7, 11) is 0. The van der Waals surface area contributed by atoms with Gasteiger partial charge in [-0.1, -0.05) is 121 Å². The molecule has 0 radical (unpaired) electrons. The monoisotopic (exact) mass is 677 g/mol. The van der Waals surface area contributed by atoms with Gasteiger partial charge in [-0.05, 0) is 71.3 Å². The number of H-pyrrole nitrogens is 1. The number of pyridine rings is 1. The Hall–Kier alpha value is -7.24. The van der Waals surface area contributed by atoms with Crippen molar-refractivity contribution in [2.75, 3.05) is 0 Å². The van der Waals surface area contributed by atoms with E-state index >= 15 is 0 Å². The molecule has 0 aliphatic rings. The molecule has 0 amide bonds. The summed E-state index contributed by atoms with van der Waals surface area (Å²) < 4.78 is 4.60. The molecular formula is C48H31N5. The minimum absolute atomic E-state index is 0.884. The van der Waals surface area contributed by atoms with Gasteiger partial charge in [-0.2, -0.15) is 0 Å². The first-order chi connectivity index (χ1) is 26.3. The highest BCUT2D eigenvalue weighted by molar-refractivity contribution is 6.13. The Morgan fingerprint density at radius 2 is 1.13 bits per heavy atom. The Bertz CT molecular complexity index is 3170. The molecule has 5 heteroatoms. The van der Waals surface area contributed by atoms with Crippen LogP contribution in [0.2, 0.25) is 0 Å². The number of nitrogens with zero attached hydrogens (tertiary/aromatic N) is 4. The Balaban J connectivity index is 1.16. The third kappa shape index (κ3) is 4.57. The van der Waals surface area contributed by atoms with Crippen molar-refractivity contribution in [1.82, 2.24) is 24.1 Å². The van der Waals surface area contributed by atoms with Crippen molar-refractivity contribution in [1.29, 1.82) is 0 Å². The molecule has 4 heterocycles. The van der Waals surface area contributed by atoms with Crippen LogP contribution in [0, 0.1) is 0 Å². The van der Waals surface area contributed by atoms with E-state index in [0.29, 0.717) is 0 Å². The summed E-state index contributed by atoms with van der Waals surface area (Å²) >= 11 is 0. The Labute approximate surface area is 305 Å². The van der Waals surface area contributed by atoms with Gasteiger partial charge in [0, 0.05) is 50.1 Å². The van der Waals surface area contributed by atoms with E-state index in [0.717, 1.165) is 78.2 Å². The third-order valence-corrected chi connectivity index (χ3v) is 10.5. The van der Waals surface area contributed by atoms with Crippen molar-refractivity contribution in [3.8, 4) is 45.1 Å². The average Bonchev–Trinajstić information content (AvgIpc) is 3.91. The maximum absolute atomic E-state index is 5.53. The van der Waals surface area contributed by atoms with Crippen LogP contribution in [0.5, 0.6) is 0 Å². The lowest BCUT2D eigenvalue weighted by Crippen LogP contribution is -1.98. The molecule has 0 spiro atoms. The van der Waals surface area contributed by atoms with Crippen LogP contribution < -0.4 is 0 Å². The molecule has 0 aliphatic heterocycles. The van der Waals surface area contributed by atoms with Crippen LogP contribution >= 0.6 is 0 Å². The summed E-state index contributed by atoms with van der Waals surface area (Å²) in [5.41, 5.74) is 13.0. The van der Waals surface area contributed by atoms with E-state index in [2.05, 4.69) is 190 Å². The van der Waals surface area contributed by atoms with E-state index in [9.17, 15) is 0 Å². The number of nitrogens with one attached hydrogen (secondary N) is 1. The first kappa shape index (κ1) is 29.5. The summed E-state index contributed by atoms with van der Waals surface area (Å²) in [6.07, 6.45) is 1.91. The van der Waals surface area contributed by atoms with Crippen LogP contribution in [0.15, 0.2) is 182 Å². The zero-order valence-electron chi connectivity index (χ0n) is 28.6. The molecular weight excluding hydrogens is 647 g/mol. The number of hydrogen-bond acceptors (Lipinski definition) is 2. The van der Waals surface area contributed by atoms with Gasteiger partial charge in [-0.15, -0.1) is 0 Å². The Kier molecular flexibility index (Phi) is 6.48. The molecule has 0 aliphatic carbocycles. The highest BCUT2D eigenvalue weighted by Gasteiger charge is 2.21. The van der Waals surface area contributed by atoms with Crippen molar-refractivity contribution in [2.45, 2.75) is 0 Å². The molecule has 0 bridgehead atoms. The van der Waals surface area contributed by atoms with Gasteiger partial charge in [-0.25, -0.2) is 9.97 Å². The second-order valence-electron chi connectivity index (χ2n) is 13.5. The van der Waals surface area contributed by atoms with Crippen LogP contribution in [0.4, 0.5) is 0 Å². The van der Waals surface area contributed by atoms with Crippen LogP contribution in [0.25, 0.3) is 99.8 Å². The van der Waals surface area contributed by atoms with Crippen LogP contribution in [-0.4, -0.2) is 24.1 Å². The van der Waals surface area contributed by atoms with Crippen molar-refractivity contribution in [2.24, 2.45) is 0 Å². The van der Waals surface area contributed by atoms with Gasteiger partial charge >= 0.3 is 0 Å². The first-order valence-electron chi connectivity index (χ1n) is 17.9. The largest absolute Gasteiger partial charge is 0.354 e. The zero-order valence-corrected chi connectivity index (χ0v) is 28.6. The van der Waals surface area contributed by atoms with Gasteiger partial charge in [0.2, 0.25) is 0 Å². The molecule has 11 aromatic rings. The van der Waals surface area contributed by atoms with E-state index < -0.39 is 0 Å². The van der Waals surface area contributed by atoms with Crippen LogP contribution in [-0.2, 0) is 0 Å². The molecule has 0 unspecified atom stereocenters. The van der Waals surface area contributed by atoms with E-state index in [1.165, 1.54) is 21.5 Å². The van der Waals surface area contributed by atoms with Gasteiger partial charge in [0.1, 0.15) is 11.6 Å². The lowest BCUT2D eigenvalue weighted by Gasteiger charge is -2.11.